The molecule has 7 heteroatoms. The topological polar surface area (TPSA) is 92.5 Å². The molecule has 0 bridgehead atoms. The lowest BCUT2D eigenvalue weighted by atomic mass is 10.3. The summed E-state index contributed by atoms with van der Waals surface area (Å²) in [5.74, 6) is -1.02. The summed E-state index contributed by atoms with van der Waals surface area (Å²) in [4.78, 5) is 39.0. The van der Waals surface area contributed by atoms with Gasteiger partial charge >= 0.3 is 11.7 Å². The molecule has 0 radical (unpaired) electrons. The minimum Gasteiger partial charge on any atom is -0.480 e. The highest BCUT2D eigenvalue weighted by molar-refractivity contribution is 5.81. The molecule has 1 aromatic rings. The van der Waals surface area contributed by atoms with Crippen LogP contribution < -0.4 is 5.69 Å². The molecule has 102 valence electrons. The van der Waals surface area contributed by atoms with Crippen molar-refractivity contribution in [2.24, 2.45) is 5.92 Å². The van der Waals surface area contributed by atoms with Crippen LogP contribution in [0.1, 0.15) is 12.8 Å². The molecule has 0 unspecified atom stereocenters. The molecule has 0 aromatic carbocycles. The van der Waals surface area contributed by atoms with E-state index in [1.807, 2.05) is 0 Å². The number of aromatic nitrogens is 2. The molecule has 1 aliphatic carbocycles. The molecule has 1 fully saturated rings. The quantitative estimate of drug-likeness (QED) is 0.753. The summed E-state index contributed by atoms with van der Waals surface area (Å²) >= 11 is 0. The van der Waals surface area contributed by atoms with Gasteiger partial charge in [-0.1, -0.05) is 0 Å². The first-order valence-electron chi connectivity index (χ1n) is 6.07. The lowest BCUT2D eigenvalue weighted by Crippen LogP contribution is -2.40. The second kappa shape index (κ2) is 5.64. The van der Waals surface area contributed by atoms with Crippen LogP contribution in [0.3, 0.4) is 0 Å². The average Bonchev–Trinajstić information content (AvgIpc) is 3.14. The van der Waals surface area contributed by atoms with Gasteiger partial charge in [-0.05, 0) is 24.8 Å². The molecule has 1 N–H and O–H groups in total. The van der Waals surface area contributed by atoms with Gasteiger partial charge in [0.15, 0.2) is 0 Å². The van der Waals surface area contributed by atoms with Gasteiger partial charge in [0.05, 0.1) is 0 Å². The Kier molecular flexibility index (Phi) is 3.94. The van der Waals surface area contributed by atoms with Crippen LogP contribution in [0.5, 0.6) is 0 Å². The van der Waals surface area contributed by atoms with E-state index in [1.165, 1.54) is 21.9 Å². The second-order valence-corrected chi connectivity index (χ2v) is 4.64. The lowest BCUT2D eigenvalue weighted by molar-refractivity contribution is -0.144. The van der Waals surface area contributed by atoms with Crippen molar-refractivity contribution in [1.29, 1.82) is 0 Å². The van der Waals surface area contributed by atoms with Gasteiger partial charge in [0, 0.05) is 18.9 Å². The smallest absolute Gasteiger partial charge is 0.347 e. The predicted octanol–water partition coefficient (Wildman–Crippen LogP) is -0.434. The normalized spacial score (nSPS) is 14.1. The number of carboxylic acid groups (broad SMARTS) is 1. The number of amides is 1. The summed E-state index contributed by atoms with van der Waals surface area (Å²) in [6.07, 6.45) is 4.86. The Morgan fingerprint density at radius 1 is 1.47 bits per heavy atom. The number of nitrogens with zero attached hydrogens (tertiary/aromatic N) is 3. The average molecular weight is 265 g/mol. The first-order valence-corrected chi connectivity index (χ1v) is 6.07. The minimum atomic E-state index is -1.05. The largest absolute Gasteiger partial charge is 0.480 e. The number of hydrogen-bond donors (Lipinski definition) is 1. The van der Waals surface area contributed by atoms with Gasteiger partial charge in [-0.2, -0.15) is 0 Å². The standard InChI is InChI=1S/C12H15N3O4/c16-10(7-14-5-1-4-13-12(14)19)15(8-11(17)18)6-9-2-3-9/h1,4-5,9H,2-3,6-8H2,(H,17,18). The number of carbonyl (C=O) groups is 2. The first-order chi connectivity index (χ1) is 9.06. The molecule has 1 amide bonds. The molecule has 1 aromatic heterocycles. The van der Waals surface area contributed by atoms with E-state index in [0.29, 0.717) is 12.5 Å². The molecule has 0 spiro atoms. The van der Waals surface area contributed by atoms with Gasteiger partial charge in [0.25, 0.3) is 0 Å². The zero-order chi connectivity index (χ0) is 13.8. The summed E-state index contributed by atoms with van der Waals surface area (Å²) in [5, 5.41) is 8.81. The third-order valence-electron chi connectivity index (χ3n) is 2.94. The van der Waals surface area contributed by atoms with Crippen LogP contribution in [-0.4, -0.2) is 44.5 Å². The fourth-order valence-corrected chi connectivity index (χ4v) is 1.78. The van der Waals surface area contributed by atoms with Crippen molar-refractivity contribution in [3.63, 3.8) is 0 Å². The van der Waals surface area contributed by atoms with Crippen LogP contribution >= 0.6 is 0 Å². The molecule has 1 saturated carbocycles. The molecule has 0 aliphatic heterocycles. The van der Waals surface area contributed by atoms with E-state index >= 15 is 0 Å². The zero-order valence-electron chi connectivity index (χ0n) is 10.4. The summed E-state index contributed by atoms with van der Waals surface area (Å²) in [5.41, 5.74) is -0.516. The monoisotopic (exact) mass is 265 g/mol. The van der Waals surface area contributed by atoms with Crippen molar-refractivity contribution in [3.8, 4) is 0 Å². The van der Waals surface area contributed by atoms with Crippen LogP contribution in [0.25, 0.3) is 0 Å². The molecule has 0 saturated heterocycles. The molecule has 7 nitrogen and oxygen atoms in total. The van der Waals surface area contributed by atoms with Gasteiger partial charge in [-0.25, -0.2) is 9.78 Å². The number of hydrogen-bond acceptors (Lipinski definition) is 4. The van der Waals surface area contributed by atoms with Gasteiger partial charge < -0.3 is 10.0 Å². The third-order valence-corrected chi connectivity index (χ3v) is 2.94. The SMILES string of the molecule is O=C(O)CN(CC1CC1)C(=O)Cn1cccnc1=O. The maximum Gasteiger partial charge on any atom is 0.347 e. The highest BCUT2D eigenvalue weighted by Crippen LogP contribution is 2.29. The third kappa shape index (κ3) is 3.90. The van der Waals surface area contributed by atoms with Gasteiger partial charge in [0.2, 0.25) is 5.91 Å². The number of carboxylic acids is 1. The Bertz CT molecular complexity index is 536. The van der Waals surface area contributed by atoms with Crippen molar-refractivity contribution in [2.75, 3.05) is 13.1 Å². The van der Waals surface area contributed by atoms with E-state index in [4.69, 9.17) is 5.11 Å². The van der Waals surface area contributed by atoms with E-state index in [1.54, 1.807) is 6.07 Å². The molecule has 2 rings (SSSR count). The van der Waals surface area contributed by atoms with Crippen molar-refractivity contribution < 1.29 is 14.7 Å². The Hall–Kier alpha value is -2.18. The lowest BCUT2D eigenvalue weighted by Gasteiger charge is -2.20. The Labute approximate surface area is 109 Å². The molecular weight excluding hydrogens is 250 g/mol. The van der Waals surface area contributed by atoms with E-state index < -0.39 is 11.7 Å². The van der Waals surface area contributed by atoms with Gasteiger partial charge in [-0.3, -0.25) is 14.2 Å². The van der Waals surface area contributed by atoms with Crippen LogP contribution in [0, 0.1) is 5.92 Å². The summed E-state index contributed by atoms with van der Waals surface area (Å²) in [6, 6.07) is 1.55. The maximum absolute atomic E-state index is 12.0. The van der Waals surface area contributed by atoms with Gasteiger partial charge in [-0.15, -0.1) is 0 Å². The Morgan fingerprint density at radius 3 is 2.79 bits per heavy atom. The summed E-state index contributed by atoms with van der Waals surface area (Å²) in [6.45, 7) is -0.0584. The first kappa shape index (κ1) is 13.3. The van der Waals surface area contributed by atoms with Crippen LogP contribution in [0.15, 0.2) is 23.3 Å². The summed E-state index contributed by atoms with van der Waals surface area (Å²) < 4.78 is 1.17. The zero-order valence-corrected chi connectivity index (χ0v) is 10.4. The maximum atomic E-state index is 12.0. The van der Waals surface area contributed by atoms with E-state index in [9.17, 15) is 14.4 Å². The van der Waals surface area contributed by atoms with Crippen molar-refractivity contribution in [1.82, 2.24) is 14.5 Å². The van der Waals surface area contributed by atoms with Crippen molar-refractivity contribution >= 4 is 11.9 Å². The highest BCUT2D eigenvalue weighted by Gasteiger charge is 2.28. The summed E-state index contributed by atoms with van der Waals surface area (Å²) in [7, 11) is 0. The number of carbonyl (C=O) groups excluding carboxylic acids is 1. The van der Waals surface area contributed by atoms with E-state index in [-0.39, 0.29) is 19.0 Å². The molecular formula is C12H15N3O4. The fraction of sp³-hybridized carbons (Fsp3) is 0.500. The fourth-order valence-electron chi connectivity index (χ4n) is 1.78. The Balaban J connectivity index is 2.03. The molecule has 1 aliphatic rings. The van der Waals surface area contributed by atoms with Crippen LogP contribution in [0.2, 0.25) is 0 Å². The van der Waals surface area contributed by atoms with Crippen LogP contribution in [0.4, 0.5) is 0 Å². The molecule has 0 atom stereocenters. The van der Waals surface area contributed by atoms with Crippen molar-refractivity contribution in [2.45, 2.75) is 19.4 Å². The van der Waals surface area contributed by atoms with Crippen molar-refractivity contribution in [3.05, 3.63) is 28.9 Å². The molecule has 1 heterocycles. The minimum absolute atomic E-state index is 0.174. The molecule has 19 heavy (non-hydrogen) atoms. The highest BCUT2D eigenvalue weighted by atomic mass is 16.4. The van der Waals surface area contributed by atoms with E-state index in [0.717, 1.165) is 12.8 Å². The Morgan fingerprint density at radius 2 is 2.21 bits per heavy atom. The second-order valence-electron chi connectivity index (χ2n) is 4.64. The van der Waals surface area contributed by atoms with E-state index in [2.05, 4.69) is 4.98 Å². The van der Waals surface area contributed by atoms with Gasteiger partial charge in [0.1, 0.15) is 13.1 Å². The predicted molar refractivity (Wildman–Crippen MR) is 65.4 cm³/mol. The number of aliphatic carboxylic acids is 1. The van der Waals surface area contributed by atoms with Crippen LogP contribution in [-0.2, 0) is 16.1 Å². The number of rotatable bonds is 6.